The highest BCUT2D eigenvalue weighted by Gasteiger charge is 2.20. The van der Waals surface area contributed by atoms with Crippen LogP contribution in [0.2, 0.25) is 20.9 Å². The van der Waals surface area contributed by atoms with E-state index in [4.69, 9.17) is 46.4 Å². The van der Waals surface area contributed by atoms with Crippen molar-refractivity contribution in [2.45, 2.75) is 67.2 Å². The van der Waals surface area contributed by atoms with Crippen LogP contribution in [0.5, 0.6) is 0 Å². The van der Waals surface area contributed by atoms with E-state index in [2.05, 4.69) is 104 Å². The number of imidazole rings is 4. The van der Waals surface area contributed by atoms with Crippen molar-refractivity contribution in [2.24, 2.45) is 26.1 Å². The van der Waals surface area contributed by atoms with E-state index in [9.17, 15) is 28.8 Å². The predicted octanol–water partition coefficient (Wildman–Crippen LogP) is 5.54. The van der Waals surface area contributed by atoms with Gasteiger partial charge in [0, 0.05) is 70.1 Å². The molecule has 0 saturated heterocycles. The van der Waals surface area contributed by atoms with Gasteiger partial charge in [0.1, 0.15) is 40.1 Å². The number of aromatic nitrogens is 18. The third kappa shape index (κ3) is 12.4. The van der Waals surface area contributed by atoms with Gasteiger partial charge < -0.3 is 18.3 Å². The zero-order valence-corrected chi connectivity index (χ0v) is 48.5. The Morgan fingerprint density at radius 2 is 0.818 bits per heavy atom. The summed E-state index contributed by atoms with van der Waals surface area (Å²) in [6, 6.07) is 0. The van der Waals surface area contributed by atoms with Gasteiger partial charge in [0.2, 0.25) is 10.6 Å². The molecule has 0 amide bonds. The standard InChI is InChI=1S/C18H20N8O4.C16H12Cl4N8.C8H9N3O2.C4H6Br2/c1-9-19-13-11(15(27)21-17(29)23(13)3)25(9)7-5-6-8-26-10(2)20-14-12(26)16(28)22-18(30)24(14)4;1-7-21-13-9(11(17)23-15(19)25-13)27(7)5-3-4-6-28-8(2)22-14-10(28)12(18)24-16(20)26-14;1-4-3-5-6(9-4)11(2)8(13)10-7(5)12;5-3-1-2-4-6/h5-6H,7-8H2,1-4H3,(H,21,27,29)(H,22,28,30);3-4H,5-6H2,1-2H3;3H2,1-2H3,(H,10,12,13);1-2H,3-4H2/b6-5+;4-3+;;2-1+. The molecule has 0 atom stereocenters. The molecule has 404 valence electrons. The molecule has 0 aliphatic carbocycles. The number of rotatable bonds is 10. The molecule has 1 aliphatic heterocycles. The minimum Gasteiger partial charge on any atom is -0.320 e. The van der Waals surface area contributed by atoms with E-state index in [0.717, 1.165) is 28.0 Å². The van der Waals surface area contributed by atoms with Crippen molar-refractivity contribution in [3.05, 3.63) is 149 Å². The van der Waals surface area contributed by atoms with Gasteiger partial charge in [-0.25, -0.2) is 49.3 Å². The zero-order chi connectivity index (χ0) is 56.2. The van der Waals surface area contributed by atoms with Gasteiger partial charge >= 0.3 is 17.1 Å². The summed E-state index contributed by atoms with van der Waals surface area (Å²) in [4.78, 5) is 115. The quantitative estimate of drug-likeness (QED) is 0.0656. The maximum Gasteiger partial charge on any atom is 0.329 e. The van der Waals surface area contributed by atoms with E-state index in [1.165, 1.54) is 13.7 Å². The molecule has 0 unspecified atom stereocenters. The van der Waals surface area contributed by atoms with E-state index < -0.39 is 28.2 Å². The number of H-pyrrole nitrogens is 3. The van der Waals surface area contributed by atoms with Gasteiger partial charge in [-0.2, -0.15) is 9.97 Å². The number of aliphatic imine (C=N–C) groups is 1. The summed E-state index contributed by atoms with van der Waals surface area (Å²) in [6.45, 7) is 10.9. The van der Waals surface area contributed by atoms with Crippen molar-refractivity contribution in [3.8, 4) is 0 Å². The van der Waals surface area contributed by atoms with Crippen LogP contribution in [0.4, 0.5) is 5.82 Å². The summed E-state index contributed by atoms with van der Waals surface area (Å²) in [5.41, 5.74) is 2.17. The second-order valence-corrected chi connectivity index (χ2v) is 19.5. The highest BCUT2D eigenvalue weighted by molar-refractivity contribution is 9.09. The number of nitrogens with zero attached hydrogens (tertiary/aromatic N) is 16. The lowest BCUT2D eigenvalue weighted by Crippen LogP contribution is -2.29. The van der Waals surface area contributed by atoms with Crippen LogP contribution in [-0.4, -0.2) is 103 Å². The van der Waals surface area contributed by atoms with E-state index in [1.807, 2.05) is 54.2 Å². The molecule has 0 spiro atoms. The first kappa shape index (κ1) is 57.8. The average Bonchev–Trinajstić information content (AvgIpc) is 4.18. The molecule has 31 heteroatoms. The van der Waals surface area contributed by atoms with Crippen molar-refractivity contribution in [1.29, 1.82) is 0 Å². The number of hydrogen-bond donors (Lipinski definition) is 3. The smallest absolute Gasteiger partial charge is 0.320 e. The molecule has 0 aromatic carbocycles. The molecule has 10 rings (SSSR count). The average molecular weight is 1260 g/mol. The number of aryl methyl sites for hydroxylation is 6. The molecule has 0 bridgehead atoms. The number of nitrogens with one attached hydrogen (secondary N) is 3. The van der Waals surface area contributed by atoms with Crippen LogP contribution in [0, 0.1) is 27.7 Å². The Morgan fingerprint density at radius 1 is 0.468 bits per heavy atom. The molecule has 1 aliphatic rings. The molecule has 0 saturated carbocycles. The Balaban J connectivity index is 0.000000168. The second-order valence-electron chi connectivity index (χ2n) is 16.8. The van der Waals surface area contributed by atoms with Crippen molar-refractivity contribution < 1.29 is 0 Å². The fraction of sp³-hybridized carbons (Fsp3) is 0.326. The first-order valence-corrected chi connectivity index (χ1v) is 26.7. The van der Waals surface area contributed by atoms with Crippen molar-refractivity contribution in [1.82, 2.24) is 86.8 Å². The third-order valence-corrected chi connectivity index (χ3v) is 13.4. The minimum atomic E-state index is -0.519. The normalized spacial score (nSPS) is 12.3. The number of allylic oxidation sites excluding steroid dienone is 6. The van der Waals surface area contributed by atoms with Gasteiger partial charge in [0.25, 0.3) is 16.7 Å². The molecular formula is C46H47Br2Cl4N19O6. The fourth-order valence-electron chi connectivity index (χ4n) is 8.01. The van der Waals surface area contributed by atoms with Gasteiger partial charge in [-0.1, -0.05) is 91.5 Å². The molecular weight excluding hydrogens is 1220 g/mol. The Morgan fingerprint density at radius 3 is 1.21 bits per heavy atom. The Labute approximate surface area is 471 Å². The lowest BCUT2D eigenvalue weighted by Gasteiger charge is -2.05. The Bertz CT molecular complexity index is 4040. The van der Waals surface area contributed by atoms with Gasteiger partial charge in [-0.05, 0) is 57.8 Å². The number of alkyl halides is 2. The molecule has 3 N–H and O–H groups in total. The molecule has 10 heterocycles. The van der Waals surface area contributed by atoms with Crippen molar-refractivity contribution in [2.75, 3.05) is 10.7 Å². The van der Waals surface area contributed by atoms with Gasteiger partial charge in [0.15, 0.2) is 43.9 Å². The maximum atomic E-state index is 12.3. The number of fused-ring (bicyclic) bond motifs is 5. The van der Waals surface area contributed by atoms with Crippen LogP contribution in [-0.2, 0) is 53.7 Å². The molecule has 77 heavy (non-hydrogen) atoms. The Kier molecular flexibility index (Phi) is 18.5. The van der Waals surface area contributed by atoms with Crippen molar-refractivity contribution in [3.63, 3.8) is 0 Å². The summed E-state index contributed by atoms with van der Waals surface area (Å²) in [5, 5.41) is 2.58. The molecule has 9 aromatic rings. The van der Waals surface area contributed by atoms with Gasteiger partial charge in [-0.3, -0.25) is 43.0 Å². The molecule has 9 aromatic heterocycles. The van der Waals surface area contributed by atoms with Gasteiger partial charge in [0.05, 0.1) is 5.56 Å². The maximum absolute atomic E-state index is 12.3. The molecule has 0 radical (unpaired) electrons. The van der Waals surface area contributed by atoms with Gasteiger partial charge in [-0.15, -0.1) is 0 Å². The summed E-state index contributed by atoms with van der Waals surface area (Å²) in [6.07, 6.45) is 12.3. The largest absolute Gasteiger partial charge is 0.329 e. The second kappa shape index (κ2) is 24.6. The van der Waals surface area contributed by atoms with Crippen LogP contribution in [0.25, 0.3) is 44.7 Å². The van der Waals surface area contributed by atoms with E-state index in [1.54, 1.807) is 44.1 Å². The minimum absolute atomic E-state index is 0.0688. The number of aromatic amines is 3. The van der Waals surface area contributed by atoms with E-state index in [0.29, 0.717) is 100 Å². The highest BCUT2D eigenvalue weighted by Crippen LogP contribution is 2.25. The fourth-order valence-corrected chi connectivity index (χ4v) is 9.49. The zero-order valence-electron chi connectivity index (χ0n) is 42.3. The van der Waals surface area contributed by atoms with E-state index >= 15 is 0 Å². The SMILES string of the molecule is BrC/C=C/CBr.CC1=Nc2c(c(=O)[nH]c(=O)n2C)C1.Cc1nc2c(c(=O)[nH]c(=O)n2C)n1C/C=C/Cn1c(C)nc2c1c(=O)[nH]c(=O)n2C.Cc1nc2nc(Cl)nc(Cl)c2n1C/C=C/Cn1c(C)nc2nc(Cl)nc(Cl)c21. The summed E-state index contributed by atoms with van der Waals surface area (Å²) >= 11 is 30.6. The van der Waals surface area contributed by atoms with Crippen LogP contribution >= 0.6 is 78.3 Å². The van der Waals surface area contributed by atoms with E-state index in [-0.39, 0.29) is 26.4 Å². The monoisotopic (exact) mass is 1260 g/mol. The Hall–Kier alpha value is -6.91. The third-order valence-electron chi connectivity index (χ3n) is 11.8. The van der Waals surface area contributed by atoms with Crippen LogP contribution < -0.4 is 33.7 Å². The van der Waals surface area contributed by atoms with Crippen LogP contribution in [0.15, 0.2) is 70.2 Å². The highest BCUT2D eigenvalue weighted by atomic mass is 79.9. The summed E-state index contributed by atoms with van der Waals surface area (Å²) in [7, 11) is 4.69. The molecule has 25 nitrogen and oxygen atoms in total. The van der Waals surface area contributed by atoms with Crippen LogP contribution in [0.3, 0.4) is 0 Å². The summed E-state index contributed by atoms with van der Waals surface area (Å²) in [5.74, 6) is 3.20. The topological polar surface area (TPSA) is 300 Å². The number of halogens is 6. The lowest BCUT2D eigenvalue weighted by atomic mass is 10.2. The summed E-state index contributed by atoms with van der Waals surface area (Å²) < 4.78 is 11.2. The molecule has 0 fully saturated rings. The number of hydrogen-bond acceptors (Lipinski definition) is 15. The predicted molar refractivity (Wildman–Crippen MR) is 305 cm³/mol. The first-order valence-electron chi connectivity index (χ1n) is 22.9. The van der Waals surface area contributed by atoms with Crippen LogP contribution in [0.1, 0.15) is 35.8 Å². The lowest BCUT2D eigenvalue weighted by molar-refractivity contribution is 0.773. The first-order chi connectivity index (χ1) is 36.6. The van der Waals surface area contributed by atoms with Crippen molar-refractivity contribution >= 4 is 134 Å².